The highest BCUT2D eigenvalue weighted by molar-refractivity contribution is 8.00. The third-order valence-corrected chi connectivity index (χ3v) is 5.89. The number of benzene rings is 3. The number of non-ortho nitro benzene ring substituents is 1. The highest BCUT2D eigenvalue weighted by Crippen LogP contribution is 2.26. The molecule has 0 radical (unpaired) electrons. The van der Waals surface area contributed by atoms with Gasteiger partial charge in [-0.05, 0) is 48.9 Å². The second-order valence-electron chi connectivity index (χ2n) is 7.36. The van der Waals surface area contributed by atoms with Crippen LogP contribution < -0.4 is 10.1 Å². The normalized spacial score (nSPS) is 10.7. The predicted molar refractivity (Wildman–Crippen MR) is 132 cm³/mol. The smallest absolute Gasteiger partial charge is 0.269 e. The highest BCUT2D eigenvalue weighted by Gasteiger charge is 2.14. The number of rotatable bonds is 9. The Kier molecular flexibility index (Phi) is 7.34. The van der Waals surface area contributed by atoms with E-state index in [2.05, 4.69) is 5.32 Å². The van der Waals surface area contributed by atoms with Gasteiger partial charge in [0.2, 0.25) is 5.91 Å². The number of nitro groups is 1. The molecule has 1 heterocycles. The summed E-state index contributed by atoms with van der Waals surface area (Å²) >= 11 is 1.29. The fourth-order valence-electron chi connectivity index (χ4n) is 3.36. The van der Waals surface area contributed by atoms with Crippen molar-refractivity contribution < 1.29 is 14.5 Å². The van der Waals surface area contributed by atoms with Crippen LogP contribution >= 0.6 is 11.8 Å². The molecule has 172 valence electrons. The molecule has 4 aromatic rings. The van der Waals surface area contributed by atoms with E-state index in [1.54, 1.807) is 30.3 Å². The molecule has 0 spiro atoms. The van der Waals surface area contributed by atoms with Crippen molar-refractivity contribution in [2.24, 2.45) is 0 Å². The summed E-state index contributed by atoms with van der Waals surface area (Å²) in [6, 6.07) is 21.1. The van der Waals surface area contributed by atoms with Crippen LogP contribution in [-0.4, -0.2) is 33.2 Å². The van der Waals surface area contributed by atoms with Crippen molar-refractivity contribution in [3.8, 4) is 5.75 Å². The Morgan fingerprint density at radius 3 is 2.47 bits per heavy atom. The zero-order valence-corrected chi connectivity index (χ0v) is 19.2. The number of aromatic nitrogens is 2. The molecule has 0 atom stereocenters. The van der Waals surface area contributed by atoms with Crippen molar-refractivity contribution in [3.05, 3.63) is 94.2 Å². The minimum Gasteiger partial charge on any atom is -0.494 e. The lowest BCUT2D eigenvalue weighted by molar-refractivity contribution is -0.384. The minimum absolute atomic E-state index is 0.0233. The van der Waals surface area contributed by atoms with Gasteiger partial charge in [0.05, 0.1) is 34.0 Å². The molecule has 0 unspecified atom stereocenters. The lowest BCUT2D eigenvalue weighted by atomic mass is 10.1. The Bertz CT molecular complexity index is 1330. The van der Waals surface area contributed by atoms with Crippen LogP contribution in [-0.2, 0) is 11.2 Å². The van der Waals surface area contributed by atoms with Crippen molar-refractivity contribution in [1.82, 2.24) is 9.97 Å². The van der Waals surface area contributed by atoms with Crippen molar-refractivity contribution >= 4 is 40.1 Å². The van der Waals surface area contributed by atoms with Crippen LogP contribution in [0, 0.1) is 10.1 Å². The van der Waals surface area contributed by atoms with Crippen LogP contribution in [0.25, 0.3) is 11.0 Å². The van der Waals surface area contributed by atoms with Crippen molar-refractivity contribution in [2.75, 3.05) is 17.7 Å². The lowest BCUT2D eigenvalue weighted by Gasteiger charge is -2.10. The van der Waals surface area contributed by atoms with Gasteiger partial charge in [-0.15, -0.1) is 0 Å². The summed E-state index contributed by atoms with van der Waals surface area (Å²) in [4.78, 5) is 32.7. The first-order valence-corrected chi connectivity index (χ1v) is 11.6. The van der Waals surface area contributed by atoms with E-state index >= 15 is 0 Å². The summed E-state index contributed by atoms with van der Waals surface area (Å²) < 4.78 is 5.42. The third kappa shape index (κ3) is 5.87. The van der Waals surface area contributed by atoms with E-state index < -0.39 is 4.92 Å². The second-order valence-corrected chi connectivity index (χ2v) is 8.33. The van der Waals surface area contributed by atoms with E-state index in [1.807, 2.05) is 37.3 Å². The SMILES string of the molecule is CCOc1ccc(NC(=O)CSc2nc3ccccc3nc2Cc2cccc([N+](=O)[O-])c2)cc1. The molecular formula is C25H22N4O4S. The van der Waals surface area contributed by atoms with E-state index in [9.17, 15) is 14.9 Å². The standard InChI is InChI=1S/C25H22N4O4S/c1-2-33-20-12-10-18(11-13-20)26-24(30)16-34-25-23(27-21-8-3-4-9-22(21)28-25)15-17-6-5-7-19(14-17)29(31)32/h3-14H,2,15-16H2,1H3,(H,26,30). The number of para-hydroxylation sites is 2. The molecule has 0 aliphatic heterocycles. The van der Waals surface area contributed by atoms with Gasteiger partial charge in [0, 0.05) is 24.2 Å². The molecular weight excluding hydrogens is 452 g/mol. The number of hydrogen-bond donors (Lipinski definition) is 1. The van der Waals surface area contributed by atoms with E-state index in [1.165, 1.54) is 23.9 Å². The van der Waals surface area contributed by atoms with Gasteiger partial charge in [-0.25, -0.2) is 9.97 Å². The summed E-state index contributed by atoms with van der Waals surface area (Å²) in [6.07, 6.45) is 0.363. The predicted octanol–water partition coefficient (Wildman–Crippen LogP) is 5.26. The number of hydrogen-bond acceptors (Lipinski definition) is 7. The molecule has 0 bridgehead atoms. The molecule has 0 aliphatic rings. The Balaban J connectivity index is 1.52. The topological polar surface area (TPSA) is 107 Å². The number of fused-ring (bicyclic) bond motifs is 1. The van der Waals surface area contributed by atoms with Gasteiger partial charge in [0.15, 0.2) is 0 Å². The third-order valence-electron chi connectivity index (χ3n) is 4.89. The number of anilines is 1. The van der Waals surface area contributed by atoms with Gasteiger partial charge in [0.1, 0.15) is 10.8 Å². The maximum Gasteiger partial charge on any atom is 0.269 e. The van der Waals surface area contributed by atoms with Gasteiger partial charge in [-0.2, -0.15) is 0 Å². The number of ether oxygens (including phenoxy) is 1. The van der Waals surface area contributed by atoms with Crippen LogP contribution in [0.3, 0.4) is 0 Å². The lowest BCUT2D eigenvalue weighted by Crippen LogP contribution is -2.14. The Hall–Kier alpha value is -3.98. The van der Waals surface area contributed by atoms with Gasteiger partial charge >= 0.3 is 0 Å². The number of thioether (sulfide) groups is 1. The van der Waals surface area contributed by atoms with Gasteiger partial charge in [-0.3, -0.25) is 14.9 Å². The summed E-state index contributed by atoms with van der Waals surface area (Å²) in [5, 5.41) is 14.6. The van der Waals surface area contributed by atoms with Crippen molar-refractivity contribution in [3.63, 3.8) is 0 Å². The summed E-state index contributed by atoms with van der Waals surface area (Å²) in [6.45, 7) is 2.49. The summed E-state index contributed by atoms with van der Waals surface area (Å²) in [5.74, 6) is 0.708. The fourth-order valence-corrected chi connectivity index (χ4v) is 4.14. The van der Waals surface area contributed by atoms with Crippen LogP contribution in [0.1, 0.15) is 18.2 Å². The number of nitro benzene ring substituents is 1. The van der Waals surface area contributed by atoms with Crippen LogP contribution in [0.15, 0.2) is 77.8 Å². The molecule has 1 aromatic heterocycles. The second kappa shape index (κ2) is 10.8. The quantitative estimate of drug-likeness (QED) is 0.200. The average molecular weight is 475 g/mol. The molecule has 1 N–H and O–H groups in total. The molecule has 3 aromatic carbocycles. The first-order chi connectivity index (χ1) is 16.5. The monoisotopic (exact) mass is 474 g/mol. The molecule has 0 aliphatic carbocycles. The first-order valence-electron chi connectivity index (χ1n) is 10.7. The molecule has 1 amide bonds. The molecule has 0 saturated carbocycles. The molecule has 4 rings (SSSR count). The maximum absolute atomic E-state index is 12.6. The molecule has 34 heavy (non-hydrogen) atoms. The van der Waals surface area contributed by atoms with Gasteiger partial charge < -0.3 is 10.1 Å². The van der Waals surface area contributed by atoms with Gasteiger partial charge in [0.25, 0.3) is 5.69 Å². The van der Waals surface area contributed by atoms with Crippen LogP contribution in [0.2, 0.25) is 0 Å². The summed E-state index contributed by atoms with van der Waals surface area (Å²) in [5.41, 5.74) is 3.56. The Morgan fingerprint density at radius 2 is 1.76 bits per heavy atom. The Labute approximate surface area is 200 Å². The van der Waals surface area contributed by atoms with E-state index in [0.29, 0.717) is 29.4 Å². The first kappa shape index (κ1) is 23.2. The number of nitrogens with zero attached hydrogens (tertiary/aromatic N) is 3. The number of amides is 1. The largest absolute Gasteiger partial charge is 0.494 e. The average Bonchev–Trinajstić information content (AvgIpc) is 2.84. The molecule has 8 nitrogen and oxygen atoms in total. The number of carbonyl (C=O) groups excluding carboxylic acids is 1. The van der Waals surface area contributed by atoms with Crippen molar-refractivity contribution in [1.29, 1.82) is 0 Å². The molecule has 0 saturated heterocycles. The Morgan fingerprint density at radius 1 is 1.03 bits per heavy atom. The van der Waals surface area contributed by atoms with E-state index in [4.69, 9.17) is 14.7 Å². The van der Waals surface area contributed by atoms with Crippen LogP contribution in [0.4, 0.5) is 11.4 Å². The minimum atomic E-state index is -0.420. The molecule has 0 fully saturated rings. The number of nitrogens with one attached hydrogen (secondary N) is 1. The van der Waals surface area contributed by atoms with E-state index in [-0.39, 0.29) is 17.3 Å². The zero-order chi connectivity index (χ0) is 23.9. The van der Waals surface area contributed by atoms with E-state index in [0.717, 1.165) is 22.3 Å². The fraction of sp³-hybridized carbons (Fsp3) is 0.160. The van der Waals surface area contributed by atoms with Crippen LogP contribution in [0.5, 0.6) is 5.75 Å². The molecule has 9 heteroatoms. The van der Waals surface area contributed by atoms with Gasteiger partial charge in [-0.1, -0.05) is 36.0 Å². The zero-order valence-electron chi connectivity index (χ0n) is 18.4. The number of carbonyl (C=O) groups is 1. The maximum atomic E-state index is 12.6. The highest BCUT2D eigenvalue weighted by atomic mass is 32.2. The summed E-state index contributed by atoms with van der Waals surface area (Å²) in [7, 11) is 0. The van der Waals surface area contributed by atoms with Crippen molar-refractivity contribution in [2.45, 2.75) is 18.4 Å².